The van der Waals surface area contributed by atoms with Crippen LogP contribution < -0.4 is 0 Å². The number of hydrogen-bond acceptors (Lipinski definition) is 2. The third-order valence-corrected chi connectivity index (χ3v) is 3.08. The molecule has 104 valence electrons. The van der Waals surface area contributed by atoms with Crippen LogP contribution in [-0.4, -0.2) is 29.1 Å². The molecule has 0 atom stereocenters. The molecule has 0 spiro atoms. The van der Waals surface area contributed by atoms with Crippen LogP contribution >= 0.6 is 0 Å². The summed E-state index contributed by atoms with van der Waals surface area (Å²) in [5.41, 5.74) is 2.19. The Balaban J connectivity index is 2.57. The highest BCUT2D eigenvalue weighted by Crippen LogP contribution is 2.09. The Hall–Kier alpha value is -1.61. The monoisotopic (exact) mass is 261 g/mol. The number of rotatable bonds is 8. The van der Waals surface area contributed by atoms with E-state index < -0.39 is 5.97 Å². The predicted molar refractivity (Wildman–Crippen MR) is 79.0 cm³/mol. The summed E-state index contributed by atoms with van der Waals surface area (Å²) in [6.45, 7) is 7.53. The van der Waals surface area contributed by atoms with Gasteiger partial charge in [0, 0.05) is 12.6 Å². The van der Waals surface area contributed by atoms with Gasteiger partial charge in [-0.3, -0.25) is 4.90 Å². The minimum atomic E-state index is -0.916. The lowest BCUT2D eigenvalue weighted by Gasteiger charge is -2.20. The Kier molecular flexibility index (Phi) is 6.90. The maximum atomic E-state index is 10.4. The molecule has 0 aliphatic heterocycles. The van der Waals surface area contributed by atoms with Crippen molar-refractivity contribution in [3.05, 3.63) is 41.5 Å². The van der Waals surface area contributed by atoms with Crippen molar-refractivity contribution in [3.8, 4) is 0 Å². The van der Waals surface area contributed by atoms with Crippen LogP contribution in [0, 0.1) is 0 Å². The van der Waals surface area contributed by atoms with Gasteiger partial charge < -0.3 is 5.11 Å². The van der Waals surface area contributed by atoms with Gasteiger partial charge in [0.15, 0.2) is 0 Å². The first-order valence-corrected chi connectivity index (χ1v) is 6.88. The average molecular weight is 261 g/mol. The fourth-order valence-corrected chi connectivity index (χ4v) is 1.89. The predicted octanol–water partition coefficient (Wildman–Crippen LogP) is 3.41. The summed E-state index contributed by atoms with van der Waals surface area (Å²) in [7, 11) is 0. The van der Waals surface area contributed by atoms with E-state index in [4.69, 9.17) is 5.11 Å². The standard InChI is InChI=1S/C16H23NO2/c1-3-5-12-17(4-2)13-15-8-6-14(7-9-15)10-11-16(18)19/h6-11H,3-5,12-13H2,1-2H3,(H,18,19)/b11-10+. The molecule has 0 fully saturated rings. The molecule has 1 aromatic carbocycles. The number of nitrogens with zero attached hydrogens (tertiary/aromatic N) is 1. The molecule has 0 amide bonds. The maximum Gasteiger partial charge on any atom is 0.328 e. The zero-order valence-corrected chi connectivity index (χ0v) is 11.8. The van der Waals surface area contributed by atoms with E-state index in [-0.39, 0.29) is 0 Å². The van der Waals surface area contributed by atoms with E-state index in [9.17, 15) is 4.79 Å². The first kappa shape index (κ1) is 15.4. The summed E-state index contributed by atoms with van der Waals surface area (Å²) in [6.07, 6.45) is 5.22. The van der Waals surface area contributed by atoms with E-state index in [0.717, 1.165) is 31.3 Å². The van der Waals surface area contributed by atoms with Crippen LogP contribution in [0.4, 0.5) is 0 Å². The summed E-state index contributed by atoms with van der Waals surface area (Å²) in [5, 5.41) is 8.57. The number of benzene rings is 1. The van der Waals surface area contributed by atoms with Gasteiger partial charge in [0.25, 0.3) is 0 Å². The molecule has 0 bridgehead atoms. The van der Waals surface area contributed by atoms with E-state index in [1.165, 1.54) is 18.4 Å². The summed E-state index contributed by atoms with van der Waals surface area (Å²) in [6, 6.07) is 8.05. The molecule has 3 nitrogen and oxygen atoms in total. The summed E-state index contributed by atoms with van der Waals surface area (Å²) < 4.78 is 0. The van der Waals surface area contributed by atoms with Gasteiger partial charge in [0.2, 0.25) is 0 Å². The molecule has 0 unspecified atom stereocenters. The van der Waals surface area contributed by atoms with Gasteiger partial charge in [-0.25, -0.2) is 4.79 Å². The summed E-state index contributed by atoms with van der Waals surface area (Å²) in [4.78, 5) is 12.9. The van der Waals surface area contributed by atoms with E-state index in [1.54, 1.807) is 6.08 Å². The first-order chi connectivity index (χ1) is 9.15. The Bertz CT molecular complexity index is 409. The Morgan fingerprint density at radius 2 is 1.95 bits per heavy atom. The Morgan fingerprint density at radius 3 is 2.47 bits per heavy atom. The van der Waals surface area contributed by atoms with Crippen molar-refractivity contribution in [3.63, 3.8) is 0 Å². The zero-order chi connectivity index (χ0) is 14.1. The molecule has 0 heterocycles. The molecule has 1 aromatic rings. The van der Waals surface area contributed by atoms with Crippen LogP contribution in [0.2, 0.25) is 0 Å². The molecular formula is C16H23NO2. The largest absolute Gasteiger partial charge is 0.478 e. The molecule has 19 heavy (non-hydrogen) atoms. The lowest BCUT2D eigenvalue weighted by Crippen LogP contribution is -2.23. The molecule has 1 N–H and O–H groups in total. The van der Waals surface area contributed by atoms with Crippen molar-refractivity contribution in [1.29, 1.82) is 0 Å². The van der Waals surface area contributed by atoms with E-state index in [0.29, 0.717) is 0 Å². The molecule has 0 aliphatic carbocycles. The normalized spacial score (nSPS) is 11.3. The number of aliphatic carboxylic acids is 1. The van der Waals surface area contributed by atoms with Crippen LogP contribution in [0.1, 0.15) is 37.8 Å². The van der Waals surface area contributed by atoms with Gasteiger partial charge in [-0.05, 0) is 36.7 Å². The third-order valence-electron chi connectivity index (χ3n) is 3.08. The van der Waals surface area contributed by atoms with Crippen molar-refractivity contribution >= 4 is 12.0 Å². The number of carboxylic acid groups (broad SMARTS) is 1. The second kappa shape index (κ2) is 8.48. The first-order valence-electron chi connectivity index (χ1n) is 6.88. The highest BCUT2D eigenvalue weighted by molar-refractivity contribution is 5.85. The highest BCUT2D eigenvalue weighted by Gasteiger charge is 2.02. The van der Waals surface area contributed by atoms with Crippen molar-refractivity contribution in [2.45, 2.75) is 33.2 Å². The highest BCUT2D eigenvalue weighted by atomic mass is 16.4. The van der Waals surface area contributed by atoms with Crippen LogP contribution in [0.25, 0.3) is 6.08 Å². The molecule has 0 aliphatic rings. The lowest BCUT2D eigenvalue weighted by atomic mass is 10.1. The molecule has 0 radical (unpaired) electrons. The van der Waals surface area contributed by atoms with Crippen molar-refractivity contribution in [2.75, 3.05) is 13.1 Å². The fraction of sp³-hybridized carbons (Fsp3) is 0.438. The van der Waals surface area contributed by atoms with Gasteiger partial charge in [-0.15, -0.1) is 0 Å². The van der Waals surface area contributed by atoms with Crippen LogP contribution in [0.5, 0.6) is 0 Å². The second-order valence-electron chi connectivity index (χ2n) is 4.64. The molecule has 0 saturated heterocycles. The number of carbonyl (C=O) groups is 1. The second-order valence-corrected chi connectivity index (χ2v) is 4.64. The zero-order valence-electron chi connectivity index (χ0n) is 11.8. The lowest BCUT2D eigenvalue weighted by molar-refractivity contribution is -0.131. The van der Waals surface area contributed by atoms with Gasteiger partial charge in [0.05, 0.1) is 0 Å². The summed E-state index contributed by atoms with van der Waals surface area (Å²) >= 11 is 0. The molecule has 0 saturated carbocycles. The van der Waals surface area contributed by atoms with Crippen molar-refractivity contribution in [2.24, 2.45) is 0 Å². The SMILES string of the molecule is CCCCN(CC)Cc1ccc(/C=C/C(=O)O)cc1. The number of hydrogen-bond donors (Lipinski definition) is 1. The quantitative estimate of drug-likeness (QED) is 0.729. The third kappa shape index (κ3) is 6.20. The molecule has 0 aromatic heterocycles. The van der Waals surface area contributed by atoms with Crippen LogP contribution in [-0.2, 0) is 11.3 Å². The minimum Gasteiger partial charge on any atom is -0.478 e. The Labute approximate surface area is 115 Å². The van der Waals surface area contributed by atoms with Crippen molar-refractivity contribution in [1.82, 2.24) is 4.90 Å². The molecular weight excluding hydrogens is 238 g/mol. The molecule has 3 heteroatoms. The minimum absolute atomic E-state index is 0.916. The number of carboxylic acids is 1. The van der Waals surface area contributed by atoms with E-state index in [2.05, 4.69) is 30.9 Å². The molecule has 1 rings (SSSR count). The van der Waals surface area contributed by atoms with Gasteiger partial charge in [0.1, 0.15) is 0 Å². The van der Waals surface area contributed by atoms with Crippen LogP contribution in [0.3, 0.4) is 0 Å². The fourth-order valence-electron chi connectivity index (χ4n) is 1.89. The smallest absolute Gasteiger partial charge is 0.328 e. The maximum absolute atomic E-state index is 10.4. The van der Waals surface area contributed by atoms with Crippen molar-refractivity contribution < 1.29 is 9.90 Å². The van der Waals surface area contributed by atoms with E-state index >= 15 is 0 Å². The number of unbranched alkanes of at least 4 members (excludes halogenated alkanes) is 1. The average Bonchev–Trinajstić information content (AvgIpc) is 2.42. The van der Waals surface area contributed by atoms with Gasteiger partial charge >= 0.3 is 5.97 Å². The van der Waals surface area contributed by atoms with Crippen LogP contribution in [0.15, 0.2) is 30.3 Å². The Morgan fingerprint density at radius 1 is 1.26 bits per heavy atom. The van der Waals surface area contributed by atoms with Gasteiger partial charge in [-0.1, -0.05) is 44.5 Å². The van der Waals surface area contributed by atoms with Gasteiger partial charge in [-0.2, -0.15) is 0 Å². The summed E-state index contributed by atoms with van der Waals surface area (Å²) in [5.74, 6) is -0.916. The topological polar surface area (TPSA) is 40.5 Å². The van der Waals surface area contributed by atoms with E-state index in [1.807, 2.05) is 12.1 Å².